The molecule has 1 aliphatic rings. The summed E-state index contributed by atoms with van der Waals surface area (Å²) in [5.74, 6) is -0.0759. The summed E-state index contributed by atoms with van der Waals surface area (Å²) >= 11 is 6.24. The van der Waals surface area contributed by atoms with Crippen molar-refractivity contribution in [1.29, 1.82) is 0 Å². The van der Waals surface area contributed by atoms with Crippen molar-refractivity contribution in [3.8, 4) is 0 Å². The van der Waals surface area contributed by atoms with E-state index in [-0.39, 0.29) is 18.0 Å². The summed E-state index contributed by atoms with van der Waals surface area (Å²) in [7, 11) is 0. The van der Waals surface area contributed by atoms with Crippen LogP contribution < -0.4 is 15.5 Å². The fourth-order valence-corrected chi connectivity index (χ4v) is 3.49. The average Bonchev–Trinajstić information content (AvgIpc) is 2.69. The lowest BCUT2D eigenvalue weighted by molar-refractivity contribution is -0.117. The summed E-state index contributed by atoms with van der Waals surface area (Å²) in [6, 6.07) is 15.2. The second-order valence-corrected chi connectivity index (χ2v) is 7.17. The van der Waals surface area contributed by atoms with Gasteiger partial charge >= 0.3 is 0 Å². The predicted molar refractivity (Wildman–Crippen MR) is 111 cm³/mol. The van der Waals surface area contributed by atoms with Gasteiger partial charge in [0.15, 0.2) is 0 Å². The molecule has 2 aromatic rings. The molecule has 0 bridgehead atoms. The highest BCUT2D eigenvalue weighted by Crippen LogP contribution is 2.23. The second-order valence-electron chi connectivity index (χ2n) is 6.77. The molecule has 144 valence electrons. The molecule has 0 saturated carbocycles. The normalized spacial score (nSPS) is 16.6. The van der Waals surface area contributed by atoms with Gasteiger partial charge in [0.05, 0.1) is 19.3 Å². The van der Waals surface area contributed by atoms with Gasteiger partial charge in [0, 0.05) is 35.5 Å². The minimum atomic E-state index is -0.352. The molecule has 3 rings (SSSR count). The first-order valence-electron chi connectivity index (χ1n) is 9.28. The highest BCUT2D eigenvalue weighted by molar-refractivity contribution is 6.31. The first-order valence-corrected chi connectivity index (χ1v) is 9.66. The van der Waals surface area contributed by atoms with Crippen LogP contribution in [-0.2, 0) is 9.53 Å². The van der Waals surface area contributed by atoms with E-state index in [9.17, 15) is 4.79 Å². The van der Waals surface area contributed by atoms with E-state index < -0.39 is 0 Å². The third-order valence-corrected chi connectivity index (χ3v) is 5.12. The van der Waals surface area contributed by atoms with Gasteiger partial charge in [-0.2, -0.15) is 0 Å². The molecule has 27 heavy (non-hydrogen) atoms. The molecular formula is C21H26ClN3O2. The Bertz CT molecular complexity index is 760. The lowest BCUT2D eigenvalue weighted by Gasteiger charge is -2.29. The topological polar surface area (TPSA) is 53.6 Å². The Morgan fingerprint density at radius 2 is 1.74 bits per heavy atom. The number of benzene rings is 2. The molecule has 1 aliphatic heterocycles. The quantitative estimate of drug-likeness (QED) is 0.790. The molecule has 6 heteroatoms. The summed E-state index contributed by atoms with van der Waals surface area (Å²) in [6.07, 6.45) is 0. The van der Waals surface area contributed by atoms with Crippen LogP contribution in [0.1, 0.15) is 25.5 Å². The lowest BCUT2D eigenvalue weighted by Crippen LogP contribution is -2.39. The van der Waals surface area contributed by atoms with Gasteiger partial charge in [-0.15, -0.1) is 0 Å². The second kappa shape index (κ2) is 9.22. The minimum absolute atomic E-state index is 0.0249. The molecule has 1 amide bonds. The van der Waals surface area contributed by atoms with Crippen molar-refractivity contribution < 1.29 is 9.53 Å². The van der Waals surface area contributed by atoms with Crippen LogP contribution in [0.2, 0.25) is 5.02 Å². The van der Waals surface area contributed by atoms with E-state index in [2.05, 4.69) is 15.5 Å². The first-order chi connectivity index (χ1) is 13.0. The van der Waals surface area contributed by atoms with Crippen LogP contribution in [0.5, 0.6) is 0 Å². The van der Waals surface area contributed by atoms with Gasteiger partial charge in [-0.05, 0) is 49.7 Å². The van der Waals surface area contributed by atoms with Crippen LogP contribution in [0, 0.1) is 0 Å². The maximum absolute atomic E-state index is 12.5. The van der Waals surface area contributed by atoms with E-state index in [1.807, 2.05) is 62.4 Å². The smallest absolute Gasteiger partial charge is 0.241 e. The van der Waals surface area contributed by atoms with Gasteiger partial charge in [0.2, 0.25) is 5.91 Å². The molecule has 0 unspecified atom stereocenters. The summed E-state index contributed by atoms with van der Waals surface area (Å²) in [5.41, 5.74) is 2.92. The van der Waals surface area contributed by atoms with Crippen LogP contribution in [0.25, 0.3) is 0 Å². The Morgan fingerprint density at radius 1 is 1.07 bits per heavy atom. The fraction of sp³-hybridized carbons (Fsp3) is 0.381. The number of rotatable bonds is 6. The molecule has 2 atom stereocenters. The largest absolute Gasteiger partial charge is 0.378 e. The SMILES string of the molecule is C[C@H](N[C@H](C)c1ccccc1Cl)C(=O)Nc1ccc(N2CCOCC2)cc1. The van der Waals surface area contributed by atoms with Crippen molar-refractivity contribution in [3.05, 3.63) is 59.1 Å². The average molecular weight is 388 g/mol. The molecule has 1 fully saturated rings. The van der Waals surface area contributed by atoms with E-state index in [1.165, 1.54) is 0 Å². The number of hydrogen-bond acceptors (Lipinski definition) is 4. The Labute approximate surface area is 165 Å². The third kappa shape index (κ3) is 5.22. The number of hydrogen-bond donors (Lipinski definition) is 2. The highest BCUT2D eigenvalue weighted by atomic mass is 35.5. The molecule has 1 saturated heterocycles. The molecule has 2 N–H and O–H groups in total. The highest BCUT2D eigenvalue weighted by Gasteiger charge is 2.18. The van der Waals surface area contributed by atoms with E-state index >= 15 is 0 Å². The maximum Gasteiger partial charge on any atom is 0.241 e. The van der Waals surface area contributed by atoms with Gasteiger partial charge in [-0.1, -0.05) is 29.8 Å². The zero-order chi connectivity index (χ0) is 19.2. The first kappa shape index (κ1) is 19.7. The number of nitrogens with one attached hydrogen (secondary N) is 2. The summed E-state index contributed by atoms with van der Waals surface area (Å²) in [4.78, 5) is 14.8. The molecule has 1 heterocycles. The molecule has 0 aromatic heterocycles. The lowest BCUT2D eigenvalue weighted by atomic mass is 10.1. The van der Waals surface area contributed by atoms with Crippen LogP contribution >= 0.6 is 11.6 Å². The van der Waals surface area contributed by atoms with Crippen LogP contribution in [-0.4, -0.2) is 38.3 Å². The minimum Gasteiger partial charge on any atom is -0.378 e. The van der Waals surface area contributed by atoms with Crippen LogP contribution in [0.3, 0.4) is 0 Å². The van der Waals surface area contributed by atoms with Crippen molar-refractivity contribution in [1.82, 2.24) is 5.32 Å². The van der Waals surface area contributed by atoms with Crippen LogP contribution in [0.15, 0.2) is 48.5 Å². The third-order valence-electron chi connectivity index (χ3n) is 4.78. The predicted octanol–water partition coefficient (Wildman–Crippen LogP) is 3.85. The number of halogens is 1. The molecule has 2 aromatic carbocycles. The molecular weight excluding hydrogens is 362 g/mol. The van der Waals surface area contributed by atoms with Gasteiger partial charge < -0.3 is 15.0 Å². The summed E-state index contributed by atoms with van der Waals surface area (Å²) in [5, 5.41) is 6.97. The van der Waals surface area contributed by atoms with Crippen molar-refractivity contribution in [2.75, 3.05) is 36.5 Å². The van der Waals surface area contributed by atoms with Gasteiger partial charge in [0.25, 0.3) is 0 Å². The number of anilines is 2. The molecule has 0 spiro atoms. The van der Waals surface area contributed by atoms with Crippen molar-refractivity contribution in [3.63, 3.8) is 0 Å². The Morgan fingerprint density at radius 3 is 2.41 bits per heavy atom. The molecule has 5 nitrogen and oxygen atoms in total. The van der Waals surface area contributed by atoms with E-state index in [0.29, 0.717) is 5.02 Å². The Hall–Kier alpha value is -2.08. The maximum atomic E-state index is 12.5. The van der Waals surface area contributed by atoms with Gasteiger partial charge in [-0.25, -0.2) is 0 Å². The van der Waals surface area contributed by atoms with Crippen molar-refractivity contribution in [2.24, 2.45) is 0 Å². The fourth-order valence-electron chi connectivity index (χ4n) is 3.19. The Kier molecular flexibility index (Phi) is 6.72. The monoisotopic (exact) mass is 387 g/mol. The van der Waals surface area contributed by atoms with Crippen LogP contribution in [0.4, 0.5) is 11.4 Å². The van der Waals surface area contributed by atoms with E-state index in [4.69, 9.17) is 16.3 Å². The summed E-state index contributed by atoms with van der Waals surface area (Å²) in [6.45, 7) is 7.16. The van der Waals surface area contributed by atoms with E-state index in [0.717, 1.165) is 43.2 Å². The number of carbonyl (C=O) groups is 1. The Balaban J connectivity index is 1.55. The number of nitrogens with zero attached hydrogens (tertiary/aromatic N) is 1. The number of ether oxygens (including phenoxy) is 1. The number of carbonyl (C=O) groups excluding carboxylic acids is 1. The van der Waals surface area contributed by atoms with Crippen molar-refractivity contribution in [2.45, 2.75) is 25.9 Å². The molecule has 0 radical (unpaired) electrons. The van der Waals surface area contributed by atoms with Crippen molar-refractivity contribution >= 4 is 28.9 Å². The standard InChI is InChI=1S/C21H26ClN3O2/c1-15(19-5-3-4-6-20(19)22)23-16(2)21(26)24-17-7-9-18(10-8-17)25-11-13-27-14-12-25/h3-10,15-16,23H,11-14H2,1-2H3,(H,24,26)/t15-,16+/m1/s1. The number of morpholine rings is 1. The zero-order valence-electron chi connectivity index (χ0n) is 15.7. The molecule has 0 aliphatic carbocycles. The van der Waals surface area contributed by atoms with Gasteiger partial charge in [-0.3, -0.25) is 10.1 Å². The summed E-state index contributed by atoms with van der Waals surface area (Å²) < 4.78 is 5.38. The van der Waals surface area contributed by atoms with E-state index in [1.54, 1.807) is 0 Å². The number of amides is 1. The van der Waals surface area contributed by atoms with Gasteiger partial charge in [0.1, 0.15) is 0 Å². The zero-order valence-corrected chi connectivity index (χ0v) is 16.5.